The van der Waals surface area contributed by atoms with Gasteiger partial charge in [0.25, 0.3) is 0 Å². The molecular formula is C72H48O. The largest absolute Gasteiger partial charge is 0.455 e. The number of hydrogen-bond donors (Lipinski definition) is 0. The van der Waals surface area contributed by atoms with E-state index < -0.39 is 0 Å². The maximum atomic E-state index is 7.29. The van der Waals surface area contributed by atoms with Gasteiger partial charge in [-0.2, -0.15) is 0 Å². The monoisotopic (exact) mass is 928 g/mol. The summed E-state index contributed by atoms with van der Waals surface area (Å²) in [6, 6.07) is 105. The molecule has 0 atom stereocenters. The van der Waals surface area contributed by atoms with Crippen LogP contribution < -0.4 is 0 Å². The molecule has 0 saturated carbocycles. The summed E-state index contributed by atoms with van der Waals surface area (Å²) in [4.78, 5) is 0. The summed E-state index contributed by atoms with van der Waals surface area (Å²) in [5.41, 5.74) is 24.9. The summed E-state index contributed by atoms with van der Waals surface area (Å²) in [7, 11) is 0. The summed E-state index contributed by atoms with van der Waals surface area (Å²) >= 11 is 0. The number of benzene rings is 12. The SMILES string of the molecule is c1ccc(-c2cc(-c3ccccc3)cc(-c3ccccc3-c3ccccc3-c3cccc4c3oc3c(-c5ccccc5-c5ccccc5-c5cc(-c6ccccc6)cc(-c6ccccc6)c5)cccc34)c2)cc1. The summed E-state index contributed by atoms with van der Waals surface area (Å²) < 4.78 is 7.29. The number of hydrogen-bond acceptors (Lipinski definition) is 1. The van der Waals surface area contributed by atoms with Crippen LogP contribution in [0.25, 0.3) is 133 Å². The Labute approximate surface area is 426 Å². The van der Waals surface area contributed by atoms with Gasteiger partial charge in [0, 0.05) is 21.9 Å². The van der Waals surface area contributed by atoms with Crippen LogP contribution in [0.1, 0.15) is 0 Å². The van der Waals surface area contributed by atoms with E-state index in [1.807, 2.05) is 0 Å². The highest BCUT2D eigenvalue weighted by Crippen LogP contribution is 2.47. The second kappa shape index (κ2) is 19.0. The average molecular weight is 929 g/mol. The van der Waals surface area contributed by atoms with Crippen LogP contribution in [0.3, 0.4) is 0 Å². The van der Waals surface area contributed by atoms with Crippen LogP contribution >= 0.6 is 0 Å². The Kier molecular flexibility index (Phi) is 11.3. The fourth-order valence-corrected chi connectivity index (χ4v) is 10.8. The lowest BCUT2D eigenvalue weighted by molar-refractivity contribution is 0.671. The van der Waals surface area contributed by atoms with Crippen LogP contribution in [0, 0.1) is 0 Å². The van der Waals surface area contributed by atoms with Gasteiger partial charge in [0.2, 0.25) is 0 Å². The smallest absolute Gasteiger partial charge is 0.143 e. The van der Waals surface area contributed by atoms with Gasteiger partial charge in [0.05, 0.1) is 0 Å². The van der Waals surface area contributed by atoms with Gasteiger partial charge < -0.3 is 4.42 Å². The molecule has 0 fully saturated rings. The first-order valence-corrected chi connectivity index (χ1v) is 25.1. The molecule has 0 spiro atoms. The van der Waals surface area contributed by atoms with Crippen molar-refractivity contribution in [1.82, 2.24) is 0 Å². The Morgan fingerprint density at radius 1 is 0.151 bits per heavy atom. The van der Waals surface area contributed by atoms with E-state index in [0.29, 0.717) is 0 Å². The van der Waals surface area contributed by atoms with E-state index in [-0.39, 0.29) is 0 Å². The van der Waals surface area contributed by atoms with E-state index in [2.05, 4.69) is 291 Å². The quantitative estimate of drug-likeness (QED) is 0.133. The first-order chi connectivity index (χ1) is 36.2. The minimum absolute atomic E-state index is 0.872. The van der Waals surface area contributed by atoms with Gasteiger partial charge >= 0.3 is 0 Å². The maximum absolute atomic E-state index is 7.29. The van der Waals surface area contributed by atoms with Crippen LogP contribution in [0.5, 0.6) is 0 Å². The predicted octanol–water partition coefficient (Wildman–Crippen LogP) is 20.3. The molecule has 1 heteroatoms. The van der Waals surface area contributed by atoms with Crippen molar-refractivity contribution in [3.05, 3.63) is 291 Å². The fraction of sp³-hybridized carbons (Fsp3) is 0. The molecule has 342 valence electrons. The van der Waals surface area contributed by atoms with E-state index in [9.17, 15) is 0 Å². The van der Waals surface area contributed by atoms with Crippen molar-refractivity contribution in [1.29, 1.82) is 0 Å². The lowest BCUT2D eigenvalue weighted by Gasteiger charge is -2.17. The van der Waals surface area contributed by atoms with Crippen LogP contribution in [0.15, 0.2) is 296 Å². The lowest BCUT2D eigenvalue weighted by atomic mass is 9.86. The van der Waals surface area contributed by atoms with Crippen LogP contribution in [-0.4, -0.2) is 0 Å². The number of para-hydroxylation sites is 2. The number of fused-ring (bicyclic) bond motifs is 3. The summed E-state index contributed by atoms with van der Waals surface area (Å²) in [5.74, 6) is 0. The molecule has 0 aliphatic rings. The summed E-state index contributed by atoms with van der Waals surface area (Å²) in [5, 5.41) is 2.18. The van der Waals surface area contributed by atoms with Crippen molar-refractivity contribution >= 4 is 21.9 Å². The van der Waals surface area contributed by atoms with Crippen molar-refractivity contribution in [3.8, 4) is 111 Å². The molecule has 1 aromatic heterocycles. The first kappa shape index (κ1) is 43.5. The normalized spacial score (nSPS) is 11.3. The van der Waals surface area contributed by atoms with Gasteiger partial charge in [-0.05, 0) is 137 Å². The van der Waals surface area contributed by atoms with Gasteiger partial charge in [-0.3, -0.25) is 0 Å². The molecule has 12 aromatic carbocycles. The van der Waals surface area contributed by atoms with Crippen LogP contribution in [0.2, 0.25) is 0 Å². The molecule has 0 radical (unpaired) electrons. The zero-order chi connectivity index (χ0) is 48.5. The number of rotatable bonds is 10. The van der Waals surface area contributed by atoms with E-state index >= 15 is 0 Å². The van der Waals surface area contributed by atoms with Gasteiger partial charge in [0.1, 0.15) is 11.2 Å². The zero-order valence-corrected chi connectivity index (χ0v) is 40.1. The highest BCUT2D eigenvalue weighted by atomic mass is 16.3. The third-order valence-electron chi connectivity index (χ3n) is 14.3. The summed E-state index contributed by atoms with van der Waals surface area (Å²) in [6.07, 6.45) is 0. The highest BCUT2D eigenvalue weighted by molar-refractivity contribution is 6.15. The van der Waals surface area contributed by atoms with Gasteiger partial charge in [-0.25, -0.2) is 0 Å². The summed E-state index contributed by atoms with van der Waals surface area (Å²) in [6.45, 7) is 0. The van der Waals surface area contributed by atoms with E-state index in [0.717, 1.165) is 77.6 Å². The zero-order valence-electron chi connectivity index (χ0n) is 40.1. The van der Waals surface area contributed by atoms with Gasteiger partial charge in [0.15, 0.2) is 0 Å². The van der Waals surface area contributed by atoms with Crippen LogP contribution in [0.4, 0.5) is 0 Å². The van der Waals surface area contributed by atoms with Gasteiger partial charge in [-0.15, -0.1) is 0 Å². The third kappa shape index (κ3) is 8.23. The predicted molar refractivity (Wildman–Crippen MR) is 308 cm³/mol. The minimum atomic E-state index is 0.872. The molecule has 0 aliphatic carbocycles. The highest BCUT2D eigenvalue weighted by Gasteiger charge is 2.22. The molecule has 0 N–H and O–H groups in total. The Morgan fingerprint density at radius 3 is 0.671 bits per heavy atom. The van der Waals surface area contributed by atoms with E-state index in [4.69, 9.17) is 4.42 Å². The van der Waals surface area contributed by atoms with Crippen molar-refractivity contribution in [2.24, 2.45) is 0 Å². The average Bonchev–Trinajstić information content (AvgIpc) is 3.88. The van der Waals surface area contributed by atoms with Gasteiger partial charge in [-0.1, -0.05) is 255 Å². The Morgan fingerprint density at radius 2 is 0.370 bits per heavy atom. The molecule has 0 aliphatic heterocycles. The molecule has 73 heavy (non-hydrogen) atoms. The molecule has 1 heterocycles. The fourth-order valence-electron chi connectivity index (χ4n) is 10.8. The van der Waals surface area contributed by atoms with Crippen molar-refractivity contribution in [2.75, 3.05) is 0 Å². The number of furan rings is 1. The molecule has 0 bridgehead atoms. The first-order valence-electron chi connectivity index (χ1n) is 25.1. The molecule has 1 nitrogen and oxygen atoms in total. The minimum Gasteiger partial charge on any atom is -0.455 e. The second-order valence-electron chi connectivity index (χ2n) is 18.7. The molecular weight excluding hydrogens is 881 g/mol. The molecule has 0 amide bonds. The Hall–Kier alpha value is -9.56. The van der Waals surface area contributed by atoms with Crippen LogP contribution in [-0.2, 0) is 0 Å². The van der Waals surface area contributed by atoms with Crippen molar-refractivity contribution in [3.63, 3.8) is 0 Å². The Balaban J connectivity index is 0.944. The molecule has 0 unspecified atom stereocenters. The van der Waals surface area contributed by atoms with E-state index in [1.54, 1.807) is 0 Å². The van der Waals surface area contributed by atoms with E-state index in [1.165, 1.54) is 55.6 Å². The molecule has 13 rings (SSSR count). The maximum Gasteiger partial charge on any atom is 0.143 e. The molecule has 0 saturated heterocycles. The lowest BCUT2D eigenvalue weighted by Crippen LogP contribution is -1.91. The molecule has 13 aromatic rings. The Bertz CT molecular complexity index is 3730. The van der Waals surface area contributed by atoms with Crippen molar-refractivity contribution in [2.45, 2.75) is 0 Å². The third-order valence-corrected chi connectivity index (χ3v) is 14.3. The second-order valence-corrected chi connectivity index (χ2v) is 18.7. The van der Waals surface area contributed by atoms with Crippen molar-refractivity contribution < 1.29 is 4.42 Å². The standard InChI is InChI=1S/C72H48O/c1-5-23-49(24-6-1)53-43-54(50-25-7-2-8-26-50)46-57(45-53)59-31-13-15-33-61(59)63-35-17-19-37-65(63)67-39-21-41-69-70-42-22-40-68(72(70)73-71(67)69)66-38-20-18-36-64(66)62-34-16-14-32-60(62)58-47-55(51-27-9-3-10-28-51)44-56(48-58)52-29-11-4-12-30-52/h1-48H. The topological polar surface area (TPSA) is 13.1 Å².